The van der Waals surface area contributed by atoms with Crippen molar-refractivity contribution in [3.8, 4) is 0 Å². The number of hydrogen-bond donors (Lipinski definition) is 2. The molecule has 0 spiro atoms. The zero-order valence-corrected chi connectivity index (χ0v) is 13.7. The zero-order chi connectivity index (χ0) is 16.7. The Hall–Kier alpha value is -1.88. The molecule has 1 rings (SSSR count). The maximum absolute atomic E-state index is 12.2. The molecule has 0 radical (unpaired) electrons. The summed E-state index contributed by atoms with van der Waals surface area (Å²) < 4.78 is 5.11. The summed E-state index contributed by atoms with van der Waals surface area (Å²) in [4.78, 5) is 23.9. The van der Waals surface area contributed by atoms with Crippen LogP contribution in [0.25, 0.3) is 0 Å². The standard InChI is InChI=1S/C17H26N2O3/c1-11(2)22-17(21)12(3)10-19-16(20)13(4)15(18)14-8-6-5-7-9-14/h5-9,11-13,15H,10,18H2,1-4H3,(H,19,20)/t12-,13-,15-/m1/s1. The Labute approximate surface area is 132 Å². The zero-order valence-electron chi connectivity index (χ0n) is 13.7. The van der Waals surface area contributed by atoms with Crippen LogP contribution >= 0.6 is 0 Å². The molecule has 0 fully saturated rings. The summed E-state index contributed by atoms with van der Waals surface area (Å²) in [6.07, 6.45) is -0.156. The fourth-order valence-electron chi connectivity index (χ4n) is 1.97. The smallest absolute Gasteiger partial charge is 0.310 e. The van der Waals surface area contributed by atoms with Crippen LogP contribution in [0, 0.1) is 11.8 Å². The van der Waals surface area contributed by atoms with E-state index < -0.39 is 0 Å². The van der Waals surface area contributed by atoms with Crippen molar-refractivity contribution in [1.29, 1.82) is 0 Å². The van der Waals surface area contributed by atoms with E-state index in [2.05, 4.69) is 5.32 Å². The number of carbonyl (C=O) groups is 2. The topological polar surface area (TPSA) is 81.4 Å². The molecule has 5 heteroatoms. The van der Waals surface area contributed by atoms with Crippen molar-refractivity contribution in [2.24, 2.45) is 17.6 Å². The van der Waals surface area contributed by atoms with Gasteiger partial charge in [-0.3, -0.25) is 9.59 Å². The third-order valence-corrected chi connectivity index (χ3v) is 3.47. The van der Waals surface area contributed by atoms with Crippen LogP contribution in [0.3, 0.4) is 0 Å². The number of ether oxygens (including phenoxy) is 1. The van der Waals surface area contributed by atoms with Crippen molar-refractivity contribution in [3.63, 3.8) is 0 Å². The molecular weight excluding hydrogens is 280 g/mol. The second-order valence-electron chi connectivity index (χ2n) is 5.86. The normalized spacial score (nSPS) is 15.0. The van der Waals surface area contributed by atoms with Gasteiger partial charge in [-0.1, -0.05) is 44.2 Å². The first-order valence-corrected chi connectivity index (χ1v) is 7.61. The molecule has 0 saturated heterocycles. The summed E-state index contributed by atoms with van der Waals surface area (Å²) in [6, 6.07) is 9.12. The van der Waals surface area contributed by atoms with Gasteiger partial charge in [0, 0.05) is 12.6 Å². The fourth-order valence-corrected chi connectivity index (χ4v) is 1.97. The molecule has 0 unspecified atom stereocenters. The molecular formula is C17H26N2O3. The molecule has 22 heavy (non-hydrogen) atoms. The SMILES string of the molecule is CC(C)OC(=O)[C@H](C)CNC(=O)[C@H](C)[C@@H](N)c1ccccc1. The van der Waals surface area contributed by atoms with Gasteiger partial charge in [0.05, 0.1) is 17.9 Å². The summed E-state index contributed by atoms with van der Waals surface area (Å²) >= 11 is 0. The number of nitrogens with one attached hydrogen (secondary N) is 1. The largest absolute Gasteiger partial charge is 0.463 e. The minimum absolute atomic E-state index is 0.156. The van der Waals surface area contributed by atoms with E-state index in [0.717, 1.165) is 5.56 Å². The Morgan fingerprint density at radius 3 is 2.27 bits per heavy atom. The van der Waals surface area contributed by atoms with E-state index >= 15 is 0 Å². The molecule has 0 saturated carbocycles. The Bertz CT molecular complexity index is 488. The van der Waals surface area contributed by atoms with Gasteiger partial charge in [-0.25, -0.2) is 0 Å². The van der Waals surface area contributed by atoms with Gasteiger partial charge in [0.1, 0.15) is 0 Å². The summed E-state index contributed by atoms with van der Waals surface area (Å²) in [5.41, 5.74) is 7.03. The van der Waals surface area contributed by atoms with Crippen molar-refractivity contribution in [1.82, 2.24) is 5.32 Å². The molecule has 3 atom stereocenters. The molecule has 0 aliphatic rings. The molecule has 3 N–H and O–H groups in total. The van der Waals surface area contributed by atoms with Gasteiger partial charge in [0.15, 0.2) is 0 Å². The van der Waals surface area contributed by atoms with Crippen LogP contribution in [-0.2, 0) is 14.3 Å². The lowest BCUT2D eigenvalue weighted by Crippen LogP contribution is -2.39. The van der Waals surface area contributed by atoms with Crippen LogP contribution in [-0.4, -0.2) is 24.5 Å². The van der Waals surface area contributed by atoms with Gasteiger partial charge in [-0.2, -0.15) is 0 Å². The molecule has 122 valence electrons. The van der Waals surface area contributed by atoms with Gasteiger partial charge in [0.25, 0.3) is 0 Å². The molecule has 5 nitrogen and oxygen atoms in total. The van der Waals surface area contributed by atoms with E-state index in [4.69, 9.17) is 10.5 Å². The van der Waals surface area contributed by atoms with Crippen LogP contribution in [0.2, 0.25) is 0 Å². The molecule has 0 heterocycles. The summed E-state index contributed by atoms with van der Waals surface area (Å²) in [5.74, 6) is -1.24. The van der Waals surface area contributed by atoms with Crippen molar-refractivity contribution in [2.45, 2.75) is 39.8 Å². The average molecular weight is 306 g/mol. The monoisotopic (exact) mass is 306 g/mol. The van der Waals surface area contributed by atoms with Crippen LogP contribution in [0.15, 0.2) is 30.3 Å². The number of hydrogen-bond acceptors (Lipinski definition) is 4. The van der Waals surface area contributed by atoms with Gasteiger partial charge >= 0.3 is 5.97 Å². The Morgan fingerprint density at radius 2 is 1.73 bits per heavy atom. The highest BCUT2D eigenvalue weighted by atomic mass is 16.5. The van der Waals surface area contributed by atoms with Gasteiger partial charge in [0.2, 0.25) is 5.91 Å². The number of benzene rings is 1. The van der Waals surface area contributed by atoms with Crippen LogP contribution in [0.1, 0.15) is 39.3 Å². The second-order valence-corrected chi connectivity index (χ2v) is 5.86. The lowest BCUT2D eigenvalue weighted by atomic mass is 9.94. The Balaban J connectivity index is 2.49. The number of amides is 1. The van der Waals surface area contributed by atoms with Crippen molar-refractivity contribution >= 4 is 11.9 Å². The maximum atomic E-state index is 12.2. The van der Waals surface area contributed by atoms with E-state index in [1.807, 2.05) is 30.3 Å². The highest BCUT2D eigenvalue weighted by molar-refractivity contribution is 5.80. The number of esters is 1. The van der Waals surface area contributed by atoms with Crippen molar-refractivity contribution in [3.05, 3.63) is 35.9 Å². The first kappa shape index (κ1) is 18.2. The third-order valence-electron chi connectivity index (χ3n) is 3.47. The number of carbonyl (C=O) groups excluding carboxylic acids is 2. The highest BCUT2D eigenvalue weighted by Gasteiger charge is 2.23. The fraction of sp³-hybridized carbons (Fsp3) is 0.529. The Morgan fingerprint density at radius 1 is 1.14 bits per heavy atom. The van der Waals surface area contributed by atoms with E-state index in [-0.39, 0.29) is 42.4 Å². The summed E-state index contributed by atoms with van der Waals surface area (Å²) in [5, 5.41) is 2.77. The molecule has 0 aromatic heterocycles. The predicted octanol–water partition coefficient (Wildman–Crippen LogP) is 2.03. The van der Waals surface area contributed by atoms with E-state index in [1.54, 1.807) is 27.7 Å². The summed E-state index contributed by atoms with van der Waals surface area (Å²) in [7, 11) is 0. The average Bonchev–Trinajstić information content (AvgIpc) is 2.50. The predicted molar refractivity (Wildman–Crippen MR) is 85.9 cm³/mol. The lowest BCUT2D eigenvalue weighted by molar-refractivity contribution is -0.151. The van der Waals surface area contributed by atoms with E-state index in [9.17, 15) is 9.59 Å². The van der Waals surface area contributed by atoms with Gasteiger partial charge in [-0.15, -0.1) is 0 Å². The minimum atomic E-state index is -0.383. The van der Waals surface area contributed by atoms with E-state index in [1.165, 1.54) is 0 Å². The van der Waals surface area contributed by atoms with Crippen LogP contribution in [0.5, 0.6) is 0 Å². The minimum Gasteiger partial charge on any atom is -0.463 e. The molecule has 0 aliphatic carbocycles. The summed E-state index contributed by atoms with van der Waals surface area (Å²) in [6.45, 7) is 7.35. The number of nitrogens with two attached hydrogens (primary N) is 1. The number of rotatable bonds is 7. The Kier molecular flexibility index (Phi) is 7.05. The first-order valence-electron chi connectivity index (χ1n) is 7.61. The maximum Gasteiger partial charge on any atom is 0.310 e. The molecule has 1 amide bonds. The molecule has 1 aromatic carbocycles. The third kappa shape index (κ3) is 5.48. The van der Waals surface area contributed by atoms with Crippen molar-refractivity contribution in [2.75, 3.05) is 6.54 Å². The van der Waals surface area contributed by atoms with E-state index in [0.29, 0.717) is 0 Å². The van der Waals surface area contributed by atoms with Crippen LogP contribution in [0.4, 0.5) is 0 Å². The molecule has 0 aliphatic heterocycles. The quantitative estimate of drug-likeness (QED) is 0.755. The van der Waals surface area contributed by atoms with Gasteiger partial charge < -0.3 is 15.8 Å². The first-order chi connectivity index (χ1) is 10.3. The second kappa shape index (κ2) is 8.54. The van der Waals surface area contributed by atoms with Crippen LogP contribution < -0.4 is 11.1 Å². The van der Waals surface area contributed by atoms with Crippen molar-refractivity contribution < 1.29 is 14.3 Å². The molecule has 1 aromatic rings. The highest BCUT2D eigenvalue weighted by Crippen LogP contribution is 2.19. The molecule has 0 bridgehead atoms. The van der Waals surface area contributed by atoms with Gasteiger partial charge in [-0.05, 0) is 19.4 Å². The lowest BCUT2D eigenvalue weighted by Gasteiger charge is -2.21.